The van der Waals surface area contributed by atoms with Crippen molar-refractivity contribution in [1.29, 1.82) is 0 Å². The number of thiazole rings is 1. The average Bonchev–Trinajstić information content (AvgIpc) is 3.41. The summed E-state index contributed by atoms with van der Waals surface area (Å²) in [5.74, 6) is 0.0164. The fourth-order valence-electron chi connectivity index (χ4n) is 4.76. The lowest BCUT2D eigenvalue weighted by Crippen LogP contribution is -2.35. The van der Waals surface area contributed by atoms with Crippen molar-refractivity contribution in [3.05, 3.63) is 99.0 Å². The van der Waals surface area contributed by atoms with E-state index in [0.29, 0.717) is 13.0 Å². The number of carboxylic acid groups (broad SMARTS) is 1. The van der Waals surface area contributed by atoms with E-state index in [4.69, 9.17) is 14.8 Å². The number of aliphatic carboxylic acids is 1. The Morgan fingerprint density at radius 1 is 1.05 bits per heavy atom. The van der Waals surface area contributed by atoms with Crippen LogP contribution in [0.3, 0.4) is 0 Å². The molecule has 0 saturated heterocycles. The van der Waals surface area contributed by atoms with E-state index >= 15 is 0 Å². The summed E-state index contributed by atoms with van der Waals surface area (Å²) in [6.07, 6.45) is 9.38. The Kier molecular flexibility index (Phi) is 10.1. The van der Waals surface area contributed by atoms with Crippen molar-refractivity contribution < 1.29 is 19.4 Å². The molecule has 0 bridgehead atoms. The molecule has 39 heavy (non-hydrogen) atoms. The minimum Gasteiger partial charge on any atom is -0.489 e. The maximum atomic E-state index is 13.2. The van der Waals surface area contributed by atoms with Gasteiger partial charge in [-0.25, -0.2) is 9.78 Å². The number of hydrogen-bond acceptors (Lipinski definition) is 5. The van der Waals surface area contributed by atoms with Gasteiger partial charge in [0, 0.05) is 16.9 Å². The van der Waals surface area contributed by atoms with Crippen molar-refractivity contribution in [2.24, 2.45) is 5.92 Å². The van der Waals surface area contributed by atoms with Gasteiger partial charge in [0.25, 0.3) is 0 Å². The van der Waals surface area contributed by atoms with Gasteiger partial charge in [0.15, 0.2) is 0 Å². The lowest BCUT2D eigenvalue weighted by atomic mass is 9.88. The first-order valence-corrected chi connectivity index (χ1v) is 14.4. The monoisotopic (exact) mass is 544 g/mol. The van der Waals surface area contributed by atoms with Crippen molar-refractivity contribution in [3.63, 3.8) is 0 Å². The summed E-state index contributed by atoms with van der Waals surface area (Å²) in [5.41, 5.74) is 4.03. The van der Waals surface area contributed by atoms with Crippen LogP contribution in [-0.4, -0.2) is 22.0 Å². The van der Waals surface area contributed by atoms with Crippen LogP contribution in [0.25, 0.3) is 6.08 Å². The Morgan fingerprint density at radius 3 is 2.46 bits per heavy atom. The number of carbonyl (C=O) groups is 2. The maximum absolute atomic E-state index is 13.2. The molecule has 1 aliphatic carbocycles. The first-order chi connectivity index (χ1) is 18.9. The van der Waals surface area contributed by atoms with Gasteiger partial charge in [-0.15, -0.1) is 11.3 Å². The highest BCUT2D eigenvalue weighted by atomic mass is 32.1. The molecule has 1 heterocycles. The minimum atomic E-state index is -0.941. The second-order valence-electron chi connectivity index (χ2n) is 10.1. The van der Waals surface area contributed by atoms with Gasteiger partial charge in [0.05, 0.1) is 11.7 Å². The highest BCUT2D eigenvalue weighted by molar-refractivity contribution is 7.09. The van der Waals surface area contributed by atoms with Crippen LogP contribution in [-0.2, 0) is 22.6 Å². The van der Waals surface area contributed by atoms with Gasteiger partial charge in [-0.1, -0.05) is 61.7 Å². The van der Waals surface area contributed by atoms with Gasteiger partial charge in [-0.3, -0.25) is 4.79 Å². The molecule has 0 spiro atoms. The molecule has 1 atom stereocenters. The number of allylic oxidation sites excluding steroid dienone is 2. The molecule has 1 saturated carbocycles. The van der Waals surface area contributed by atoms with E-state index < -0.39 is 5.97 Å². The summed E-state index contributed by atoms with van der Waals surface area (Å²) in [7, 11) is 0. The lowest BCUT2D eigenvalue weighted by molar-refractivity contribution is -0.132. The van der Waals surface area contributed by atoms with E-state index in [1.807, 2.05) is 73.0 Å². The SMILES string of the molecule is C/C(=C/C(C)=C/c1csc([C@H](Cc2ccc(OCc3ccccc3)cc2)NC(=O)C2CCCCC2)n1)C(=O)O. The number of nitrogens with zero attached hydrogens (tertiary/aromatic N) is 1. The standard InChI is InChI=1S/C32H36N2O4S/c1-22(17-23(2)32(36)37)18-27-21-39-31(33-27)29(34-30(35)26-11-7-4-8-12-26)19-24-13-15-28(16-14-24)38-20-25-9-5-3-6-10-25/h3,5-6,9-10,13-18,21,26,29H,4,7-8,11-12,19-20H2,1-2H3,(H,34,35)(H,36,37)/b22-18+,23-17-/t29-/m0/s1. The van der Waals surface area contributed by atoms with Crippen molar-refractivity contribution in [1.82, 2.24) is 10.3 Å². The number of amides is 1. The molecule has 2 aromatic carbocycles. The molecule has 1 aliphatic rings. The number of nitrogens with one attached hydrogen (secondary N) is 1. The molecule has 7 heteroatoms. The summed E-state index contributed by atoms with van der Waals surface area (Å²) in [4.78, 5) is 29.1. The first-order valence-electron chi connectivity index (χ1n) is 13.5. The summed E-state index contributed by atoms with van der Waals surface area (Å²) in [5, 5.41) is 15.2. The van der Waals surface area contributed by atoms with Crippen LogP contribution >= 0.6 is 11.3 Å². The van der Waals surface area contributed by atoms with Crippen molar-refractivity contribution in [2.45, 2.75) is 65.0 Å². The number of aromatic nitrogens is 1. The van der Waals surface area contributed by atoms with E-state index in [-0.39, 0.29) is 23.4 Å². The molecule has 1 aromatic heterocycles. The Bertz CT molecular complexity index is 1310. The summed E-state index contributed by atoms with van der Waals surface area (Å²) < 4.78 is 5.94. The number of benzene rings is 2. The van der Waals surface area contributed by atoms with Crippen LogP contribution < -0.4 is 10.1 Å². The summed E-state index contributed by atoms with van der Waals surface area (Å²) in [6, 6.07) is 17.8. The Balaban J connectivity index is 1.48. The third-order valence-corrected chi connectivity index (χ3v) is 7.88. The predicted molar refractivity (Wildman–Crippen MR) is 156 cm³/mol. The first kappa shape index (κ1) is 28.3. The molecule has 3 aromatic rings. The molecule has 2 N–H and O–H groups in total. The normalized spacial score (nSPS) is 15.5. The number of rotatable bonds is 11. The van der Waals surface area contributed by atoms with Gasteiger partial charge in [0.1, 0.15) is 17.4 Å². The van der Waals surface area contributed by atoms with Gasteiger partial charge in [-0.2, -0.15) is 0 Å². The fourth-order valence-corrected chi connectivity index (χ4v) is 5.58. The maximum Gasteiger partial charge on any atom is 0.331 e. The van der Waals surface area contributed by atoms with Crippen molar-refractivity contribution in [3.8, 4) is 5.75 Å². The van der Waals surface area contributed by atoms with Crippen LogP contribution in [0.1, 0.15) is 73.8 Å². The van der Waals surface area contributed by atoms with E-state index in [2.05, 4.69) is 5.32 Å². The number of carbonyl (C=O) groups excluding carboxylic acids is 1. The smallest absolute Gasteiger partial charge is 0.331 e. The molecular weight excluding hydrogens is 508 g/mol. The average molecular weight is 545 g/mol. The van der Waals surface area contributed by atoms with Gasteiger partial charge < -0.3 is 15.2 Å². The summed E-state index contributed by atoms with van der Waals surface area (Å²) >= 11 is 1.51. The molecule has 204 valence electrons. The van der Waals surface area contributed by atoms with Crippen LogP contribution in [0.5, 0.6) is 5.75 Å². The molecular formula is C32H36N2O4S. The number of carboxylic acids is 1. The highest BCUT2D eigenvalue weighted by Crippen LogP contribution is 2.28. The van der Waals surface area contributed by atoms with Crippen LogP contribution in [0.15, 0.2) is 77.2 Å². The Hall–Kier alpha value is -3.71. The van der Waals surface area contributed by atoms with Crippen LogP contribution in [0.2, 0.25) is 0 Å². The molecule has 4 rings (SSSR count). The zero-order valence-electron chi connectivity index (χ0n) is 22.6. The quantitative estimate of drug-likeness (QED) is 0.198. The molecule has 1 amide bonds. The minimum absolute atomic E-state index is 0.0562. The van der Waals surface area contributed by atoms with Gasteiger partial charge in [0.2, 0.25) is 5.91 Å². The topological polar surface area (TPSA) is 88.5 Å². The van der Waals surface area contributed by atoms with Gasteiger partial charge in [-0.05, 0) is 74.1 Å². The van der Waals surface area contributed by atoms with E-state index in [1.54, 1.807) is 13.0 Å². The highest BCUT2D eigenvalue weighted by Gasteiger charge is 2.25. The molecule has 6 nitrogen and oxygen atoms in total. The third kappa shape index (κ3) is 8.65. The van der Waals surface area contributed by atoms with Crippen molar-refractivity contribution in [2.75, 3.05) is 0 Å². The largest absolute Gasteiger partial charge is 0.489 e. The lowest BCUT2D eigenvalue weighted by Gasteiger charge is -2.24. The number of hydrogen-bond donors (Lipinski definition) is 2. The molecule has 0 aliphatic heterocycles. The van der Waals surface area contributed by atoms with E-state index in [1.165, 1.54) is 17.8 Å². The Morgan fingerprint density at radius 2 is 1.77 bits per heavy atom. The van der Waals surface area contributed by atoms with Gasteiger partial charge >= 0.3 is 5.97 Å². The Labute approximate surface area is 234 Å². The van der Waals surface area contributed by atoms with Crippen molar-refractivity contribution >= 4 is 29.3 Å². The van der Waals surface area contributed by atoms with E-state index in [0.717, 1.165) is 58.8 Å². The fraction of sp³-hybridized carbons (Fsp3) is 0.344. The predicted octanol–water partition coefficient (Wildman–Crippen LogP) is 7.14. The zero-order valence-corrected chi connectivity index (χ0v) is 23.4. The second-order valence-corrected chi connectivity index (χ2v) is 11.0. The van der Waals surface area contributed by atoms with Crippen LogP contribution in [0.4, 0.5) is 0 Å². The van der Waals surface area contributed by atoms with Crippen LogP contribution in [0, 0.1) is 5.92 Å². The third-order valence-electron chi connectivity index (χ3n) is 6.90. The zero-order chi connectivity index (χ0) is 27.6. The molecule has 0 unspecified atom stereocenters. The second kappa shape index (κ2) is 13.9. The number of ether oxygens (including phenoxy) is 1. The van der Waals surface area contributed by atoms with E-state index in [9.17, 15) is 9.59 Å². The summed E-state index contributed by atoms with van der Waals surface area (Å²) in [6.45, 7) is 3.94. The molecule has 0 radical (unpaired) electrons. The molecule has 1 fully saturated rings.